The second-order valence-electron chi connectivity index (χ2n) is 4.78. The summed E-state index contributed by atoms with van der Waals surface area (Å²) in [5.74, 6) is 6.20. The first-order valence-corrected chi connectivity index (χ1v) is 7.61. The molecular formula is C13H19N3O2S. The van der Waals surface area contributed by atoms with Crippen molar-refractivity contribution in [3.8, 4) is 0 Å². The quantitative estimate of drug-likeness (QED) is 0.491. The fourth-order valence-electron chi connectivity index (χ4n) is 2.47. The van der Waals surface area contributed by atoms with Crippen molar-refractivity contribution in [3.63, 3.8) is 0 Å². The molecule has 0 atom stereocenters. The van der Waals surface area contributed by atoms with Crippen LogP contribution in [0.2, 0.25) is 0 Å². The molecule has 5 nitrogen and oxygen atoms in total. The minimum atomic E-state index is -0.399. The number of nitrogens with one attached hydrogen (secondary N) is 1. The van der Waals surface area contributed by atoms with Crippen molar-refractivity contribution in [2.75, 3.05) is 5.43 Å². The van der Waals surface area contributed by atoms with E-state index in [2.05, 4.69) is 5.43 Å². The molecule has 19 heavy (non-hydrogen) atoms. The molecular weight excluding hydrogens is 262 g/mol. The van der Waals surface area contributed by atoms with E-state index in [0.29, 0.717) is 10.9 Å². The van der Waals surface area contributed by atoms with Gasteiger partial charge in [-0.3, -0.25) is 16.0 Å². The molecule has 0 amide bonds. The Bertz CT molecular complexity index is 448. The highest BCUT2D eigenvalue weighted by Gasteiger charge is 2.18. The normalized spacial score (nSPS) is 16.3. The minimum Gasteiger partial charge on any atom is -0.318 e. The summed E-state index contributed by atoms with van der Waals surface area (Å²) in [6.07, 6.45) is 6.45. The molecule has 1 fully saturated rings. The molecule has 0 spiro atoms. The number of hydrazine groups is 1. The third-order valence-corrected chi connectivity index (χ3v) is 4.92. The van der Waals surface area contributed by atoms with Gasteiger partial charge in [-0.1, -0.05) is 31.4 Å². The molecule has 0 aromatic heterocycles. The SMILES string of the molecule is NNc1c(CSC2CCCCC2)cccc1[N+](=O)[O-]. The predicted octanol–water partition coefficient (Wildman–Crippen LogP) is 3.45. The zero-order valence-electron chi connectivity index (χ0n) is 10.8. The largest absolute Gasteiger partial charge is 0.318 e. The Balaban J connectivity index is 2.06. The Morgan fingerprint density at radius 3 is 2.74 bits per heavy atom. The van der Waals surface area contributed by atoms with Crippen LogP contribution in [-0.2, 0) is 5.75 Å². The van der Waals surface area contributed by atoms with E-state index in [9.17, 15) is 10.1 Å². The van der Waals surface area contributed by atoms with Crippen LogP contribution < -0.4 is 11.3 Å². The van der Waals surface area contributed by atoms with Crippen LogP contribution in [0.4, 0.5) is 11.4 Å². The van der Waals surface area contributed by atoms with Gasteiger partial charge in [-0.2, -0.15) is 11.8 Å². The van der Waals surface area contributed by atoms with Gasteiger partial charge >= 0.3 is 0 Å². The van der Waals surface area contributed by atoms with Gasteiger partial charge in [-0.25, -0.2) is 0 Å². The summed E-state index contributed by atoms with van der Waals surface area (Å²) in [4.78, 5) is 10.5. The van der Waals surface area contributed by atoms with E-state index in [1.54, 1.807) is 6.07 Å². The average molecular weight is 281 g/mol. The maximum absolute atomic E-state index is 10.9. The van der Waals surface area contributed by atoms with E-state index in [-0.39, 0.29) is 5.69 Å². The second kappa shape index (κ2) is 6.77. The van der Waals surface area contributed by atoms with E-state index < -0.39 is 4.92 Å². The molecule has 0 saturated heterocycles. The zero-order chi connectivity index (χ0) is 13.7. The lowest BCUT2D eigenvalue weighted by Gasteiger charge is -2.21. The number of para-hydroxylation sites is 1. The first kappa shape index (κ1) is 14.1. The van der Waals surface area contributed by atoms with Crippen molar-refractivity contribution < 1.29 is 4.92 Å². The lowest BCUT2D eigenvalue weighted by atomic mass is 10.0. The highest BCUT2D eigenvalue weighted by molar-refractivity contribution is 7.99. The van der Waals surface area contributed by atoms with Crippen LogP contribution in [0.15, 0.2) is 18.2 Å². The number of nitrogen functional groups attached to an aromatic ring is 1. The maximum Gasteiger partial charge on any atom is 0.293 e. The van der Waals surface area contributed by atoms with Crippen LogP contribution in [0.3, 0.4) is 0 Å². The maximum atomic E-state index is 10.9. The van der Waals surface area contributed by atoms with Crippen LogP contribution >= 0.6 is 11.8 Å². The standard InChI is InChI=1S/C13H19N3O2S/c14-15-13-10(5-4-8-12(13)16(17)18)9-19-11-6-2-1-3-7-11/h4-5,8,11,15H,1-3,6-7,9,14H2. The molecule has 1 aromatic rings. The summed E-state index contributed by atoms with van der Waals surface area (Å²) < 4.78 is 0. The van der Waals surface area contributed by atoms with Crippen LogP contribution in [0.5, 0.6) is 0 Å². The van der Waals surface area contributed by atoms with Gasteiger partial charge in [0, 0.05) is 17.1 Å². The number of hydrogen-bond acceptors (Lipinski definition) is 5. The van der Waals surface area contributed by atoms with Crippen LogP contribution in [0, 0.1) is 10.1 Å². The number of anilines is 1. The third-order valence-electron chi connectivity index (χ3n) is 3.50. The van der Waals surface area contributed by atoms with E-state index in [0.717, 1.165) is 11.3 Å². The van der Waals surface area contributed by atoms with Crippen LogP contribution in [0.1, 0.15) is 37.7 Å². The average Bonchev–Trinajstić information content (AvgIpc) is 2.45. The van der Waals surface area contributed by atoms with Gasteiger partial charge < -0.3 is 5.43 Å². The molecule has 6 heteroatoms. The van der Waals surface area contributed by atoms with Gasteiger partial charge in [-0.15, -0.1) is 0 Å². The van der Waals surface area contributed by atoms with Crippen LogP contribution in [-0.4, -0.2) is 10.2 Å². The number of nitrogens with zero attached hydrogens (tertiary/aromatic N) is 1. The molecule has 1 saturated carbocycles. The van der Waals surface area contributed by atoms with Crippen molar-refractivity contribution in [3.05, 3.63) is 33.9 Å². The molecule has 1 aliphatic rings. The first-order chi connectivity index (χ1) is 9.22. The lowest BCUT2D eigenvalue weighted by molar-refractivity contribution is -0.384. The van der Waals surface area contributed by atoms with Crippen molar-refractivity contribution in [2.45, 2.75) is 43.1 Å². The van der Waals surface area contributed by atoms with Gasteiger partial charge in [0.2, 0.25) is 0 Å². The van der Waals surface area contributed by atoms with E-state index in [1.807, 2.05) is 17.8 Å². The van der Waals surface area contributed by atoms with Crippen molar-refractivity contribution >= 4 is 23.1 Å². The van der Waals surface area contributed by atoms with Gasteiger partial charge in [0.25, 0.3) is 5.69 Å². The number of benzene rings is 1. The summed E-state index contributed by atoms with van der Waals surface area (Å²) >= 11 is 1.88. The van der Waals surface area contributed by atoms with Crippen molar-refractivity contribution in [1.82, 2.24) is 0 Å². The Morgan fingerprint density at radius 1 is 1.37 bits per heavy atom. The molecule has 104 valence electrons. The predicted molar refractivity (Wildman–Crippen MR) is 79.1 cm³/mol. The van der Waals surface area contributed by atoms with Crippen molar-refractivity contribution in [2.24, 2.45) is 5.84 Å². The second-order valence-corrected chi connectivity index (χ2v) is 6.07. The fraction of sp³-hybridized carbons (Fsp3) is 0.538. The summed E-state index contributed by atoms with van der Waals surface area (Å²) in [6, 6.07) is 5.09. The van der Waals surface area contributed by atoms with E-state index in [1.165, 1.54) is 38.2 Å². The fourth-order valence-corrected chi connectivity index (χ4v) is 3.79. The molecule has 0 heterocycles. The summed E-state index contributed by atoms with van der Waals surface area (Å²) in [5, 5.41) is 11.6. The molecule has 1 aliphatic carbocycles. The Morgan fingerprint density at radius 2 is 2.11 bits per heavy atom. The highest BCUT2D eigenvalue weighted by Crippen LogP contribution is 2.34. The van der Waals surface area contributed by atoms with E-state index in [4.69, 9.17) is 5.84 Å². The molecule has 0 radical (unpaired) electrons. The van der Waals surface area contributed by atoms with Crippen molar-refractivity contribution in [1.29, 1.82) is 0 Å². The van der Waals surface area contributed by atoms with E-state index >= 15 is 0 Å². The van der Waals surface area contributed by atoms with Gasteiger partial charge in [0.05, 0.1) is 4.92 Å². The first-order valence-electron chi connectivity index (χ1n) is 6.57. The zero-order valence-corrected chi connectivity index (χ0v) is 11.6. The topological polar surface area (TPSA) is 81.2 Å². The van der Waals surface area contributed by atoms with Crippen LogP contribution in [0.25, 0.3) is 0 Å². The number of nitro groups is 1. The Kier molecular flexibility index (Phi) is 5.04. The van der Waals surface area contributed by atoms with Gasteiger partial charge in [0.15, 0.2) is 0 Å². The Hall–Kier alpha value is -1.27. The number of thioether (sulfide) groups is 1. The lowest BCUT2D eigenvalue weighted by Crippen LogP contribution is -2.12. The number of nitro benzene ring substituents is 1. The van der Waals surface area contributed by atoms with Gasteiger partial charge in [-0.05, 0) is 18.4 Å². The number of rotatable bonds is 5. The molecule has 0 unspecified atom stereocenters. The van der Waals surface area contributed by atoms with Gasteiger partial charge in [0.1, 0.15) is 5.69 Å². The summed E-state index contributed by atoms with van der Waals surface area (Å²) in [6.45, 7) is 0. The molecule has 2 rings (SSSR count). The number of hydrogen-bond donors (Lipinski definition) is 2. The smallest absolute Gasteiger partial charge is 0.293 e. The summed E-state index contributed by atoms with van der Waals surface area (Å²) in [5.41, 5.74) is 3.87. The monoisotopic (exact) mass is 281 g/mol. The highest BCUT2D eigenvalue weighted by atomic mass is 32.2. The minimum absolute atomic E-state index is 0.0456. The molecule has 0 bridgehead atoms. The summed E-state index contributed by atoms with van der Waals surface area (Å²) in [7, 11) is 0. The third kappa shape index (κ3) is 3.61. The molecule has 0 aliphatic heterocycles. The molecule has 1 aromatic carbocycles. The molecule has 3 N–H and O–H groups in total. The number of nitrogens with two attached hydrogens (primary N) is 1. The Labute approximate surface area is 117 Å².